The summed E-state index contributed by atoms with van der Waals surface area (Å²) in [7, 11) is 0. The molecule has 0 aromatic heterocycles. The fraction of sp³-hybridized carbons (Fsp3) is 0.682. The number of benzene rings is 1. The van der Waals surface area contributed by atoms with Crippen molar-refractivity contribution in [3.05, 3.63) is 29.8 Å². The molecule has 0 amide bonds. The quantitative estimate of drug-likeness (QED) is 0.343. The molecule has 6 nitrogen and oxygen atoms in total. The van der Waals surface area contributed by atoms with E-state index in [0.717, 1.165) is 63.2 Å². The van der Waals surface area contributed by atoms with Crippen LogP contribution < -0.4 is 10.1 Å². The van der Waals surface area contributed by atoms with Gasteiger partial charge in [-0.1, -0.05) is 18.2 Å². The van der Waals surface area contributed by atoms with Gasteiger partial charge in [0.2, 0.25) is 0 Å². The van der Waals surface area contributed by atoms with Gasteiger partial charge in [-0.05, 0) is 44.7 Å². The summed E-state index contributed by atoms with van der Waals surface area (Å²) >= 11 is 0. The predicted molar refractivity (Wildman–Crippen MR) is 130 cm³/mol. The van der Waals surface area contributed by atoms with Crippen molar-refractivity contribution in [1.82, 2.24) is 15.1 Å². The first-order valence-corrected chi connectivity index (χ1v) is 10.7. The van der Waals surface area contributed by atoms with Crippen molar-refractivity contribution in [1.29, 1.82) is 0 Å². The number of para-hydroxylation sites is 1. The number of aliphatic imine (C=N–C) groups is 1. The molecule has 2 aliphatic heterocycles. The van der Waals surface area contributed by atoms with Crippen LogP contribution in [-0.4, -0.2) is 80.9 Å². The highest BCUT2D eigenvalue weighted by molar-refractivity contribution is 14.0. The van der Waals surface area contributed by atoms with Gasteiger partial charge < -0.3 is 19.7 Å². The van der Waals surface area contributed by atoms with Gasteiger partial charge in [0.25, 0.3) is 0 Å². The van der Waals surface area contributed by atoms with Crippen LogP contribution in [-0.2, 0) is 4.74 Å². The summed E-state index contributed by atoms with van der Waals surface area (Å²) < 4.78 is 11.6. The van der Waals surface area contributed by atoms with E-state index in [4.69, 9.17) is 14.5 Å². The van der Waals surface area contributed by atoms with E-state index in [0.29, 0.717) is 12.5 Å². The lowest BCUT2D eigenvalue weighted by molar-refractivity contribution is 0.0315. The maximum Gasteiger partial charge on any atom is 0.194 e. The zero-order valence-electron chi connectivity index (χ0n) is 18.1. The average Bonchev–Trinajstić information content (AvgIpc) is 3.16. The van der Waals surface area contributed by atoms with Crippen molar-refractivity contribution in [3.63, 3.8) is 0 Å². The van der Waals surface area contributed by atoms with Gasteiger partial charge in [0.05, 0.1) is 19.8 Å². The highest BCUT2D eigenvalue weighted by atomic mass is 127. The zero-order chi connectivity index (χ0) is 19.8. The Morgan fingerprint density at radius 1 is 1.28 bits per heavy atom. The van der Waals surface area contributed by atoms with Crippen LogP contribution in [0.3, 0.4) is 0 Å². The Kier molecular flexibility index (Phi) is 10.5. The van der Waals surface area contributed by atoms with Crippen molar-refractivity contribution in [2.45, 2.75) is 33.3 Å². The van der Waals surface area contributed by atoms with Crippen LogP contribution >= 0.6 is 24.0 Å². The molecule has 2 atom stereocenters. The number of nitrogens with one attached hydrogen (secondary N) is 1. The molecule has 2 aliphatic rings. The van der Waals surface area contributed by atoms with E-state index in [1.807, 2.05) is 18.2 Å². The van der Waals surface area contributed by atoms with Crippen molar-refractivity contribution in [2.24, 2.45) is 10.9 Å². The number of morpholine rings is 1. The van der Waals surface area contributed by atoms with Crippen LogP contribution in [0.5, 0.6) is 5.75 Å². The minimum Gasteiger partial charge on any atom is -0.489 e. The number of hydrogen-bond donors (Lipinski definition) is 1. The average molecular weight is 516 g/mol. The molecule has 3 rings (SSSR count). The summed E-state index contributed by atoms with van der Waals surface area (Å²) in [5.41, 5.74) is 1.16. The minimum absolute atomic E-state index is 0. The molecule has 0 radical (unpaired) electrons. The number of likely N-dealkylation sites (tertiary alicyclic amines) is 1. The van der Waals surface area contributed by atoms with Crippen LogP contribution in [0.25, 0.3) is 0 Å². The Balaban J connectivity index is 0.00000300. The SMILES string of the molecule is CCNC(=NCC(C)Oc1ccccc1C)N1CCC(CN2CCOCC2)C1.I. The molecule has 164 valence electrons. The fourth-order valence-corrected chi connectivity index (χ4v) is 3.91. The second kappa shape index (κ2) is 12.6. The Labute approximate surface area is 193 Å². The summed E-state index contributed by atoms with van der Waals surface area (Å²) in [6, 6.07) is 8.15. The first-order chi connectivity index (χ1) is 13.7. The van der Waals surface area contributed by atoms with Gasteiger partial charge in [0.15, 0.2) is 5.96 Å². The first-order valence-electron chi connectivity index (χ1n) is 10.7. The molecule has 0 saturated carbocycles. The molecular weight excluding hydrogens is 479 g/mol. The molecule has 1 N–H and O–H groups in total. The number of guanidine groups is 1. The predicted octanol–water partition coefficient (Wildman–Crippen LogP) is 3.00. The third kappa shape index (κ3) is 7.61. The summed E-state index contributed by atoms with van der Waals surface area (Å²) in [5, 5.41) is 3.47. The van der Waals surface area contributed by atoms with Crippen molar-refractivity contribution < 1.29 is 9.47 Å². The zero-order valence-corrected chi connectivity index (χ0v) is 20.4. The van der Waals surface area contributed by atoms with E-state index in [2.05, 4.69) is 42.0 Å². The number of halogens is 1. The Morgan fingerprint density at radius 2 is 2.03 bits per heavy atom. The molecule has 2 saturated heterocycles. The smallest absolute Gasteiger partial charge is 0.194 e. The van der Waals surface area contributed by atoms with Crippen LogP contribution in [0.1, 0.15) is 25.8 Å². The molecule has 2 heterocycles. The van der Waals surface area contributed by atoms with Crippen LogP contribution in [0.15, 0.2) is 29.3 Å². The van der Waals surface area contributed by atoms with E-state index < -0.39 is 0 Å². The Bertz CT molecular complexity index is 637. The molecule has 0 spiro atoms. The van der Waals surface area contributed by atoms with Gasteiger partial charge in [-0.25, -0.2) is 4.99 Å². The van der Waals surface area contributed by atoms with E-state index in [1.54, 1.807) is 0 Å². The standard InChI is InChI=1S/C22H36N4O2.HI/c1-4-23-22(24-15-19(3)28-21-8-6-5-7-18(21)2)26-10-9-20(17-26)16-25-11-13-27-14-12-25;/h5-8,19-20H,4,9-17H2,1-3H3,(H,23,24);1H. The summed E-state index contributed by atoms with van der Waals surface area (Å²) in [5.74, 6) is 2.68. The molecule has 29 heavy (non-hydrogen) atoms. The number of hydrogen-bond acceptors (Lipinski definition) is 4. The van der Waals surface area contributed by atoms with E-state index in [1.165, 1.54) is 13.0 Å². The lowest BCUT2D eigenvalue weighted by atomic mass is 10.1. The second-order valence-electron chi connectivity index (χ2n) is 7.90. The molecule has 2 unspecified atom stereocenters. The van der Waals surface area contributed by atoms with Crippen LogP contribution in [0, 0.1) is 12.8 Å². The van der Waals surface area contributed by atoms with Gasteiger partial charge in [0, 0.05) is 39.3 Å². The maximum absolute atomic E-state index is 6.09. The van der Waals surface area contributed by atoms with Crippen molar-refractivity contribution >= 4 is 29.9 Å². The van der Waals surface area contributed by atoms with Gasteiger partial charge >= 0.3 is 0 Å². The molecule has 1 aromatic carbocycles. The fourth-order valence-electron chi connectivity index (χ4n) is 3.91. The van der Waals surface area contributed by atoms with Crippen LogP contribution in [0.4, 0.5) is 0 Å². The van der Waals surface area contributed by atoms with Gasteiger partial charge in [0.1, 0.15) is 11.9 Å². The summed E-state index contributed by atoms with van der Waals surface area (Å²) in [6.45, 7) is 15.0. The maximum atomic E-state index is 6.09. The molecule has 1 aromatic rings. The molecule has 0 aliphatic carbocycles. The molecule has 0 bridgehead atoms. The number of ether oxygens (including phenoxy) is 2. The highest BCUT2D eigenvalue weighted by Crippen LogP contribution is 2.19. The topological polar surface area (TPSA) is 49.3 Å². The monoisotopic (exact) mass is 516 g/mol. The highest BCUT2D eigenvalue weighted by Gasteiger charge is 2.27. The lowest BCUT2D eigenvalue weighted by Crippen LogP contribution is -2.42. The largest absolute Gasteiger partial charge is 0.489 e. The van der Waals surface area contributed by atoms with Gasteiger partial charge in [-0.2, -0.15) is 0 Å². The molecular formula is C22H37IN4O2. The second-order valence-corrected chi connectivity index (χ2v) is 7.90. The van der Waals surface area contributed by atoms with E-state index in [-0.39, 0.29) is 30.1 Å². The number of nitrogens with zero attached hydrogens (tertiary/aromatic N) is 3. The van der Waals surface area contributed by atoms with Crippen molar-refractivity contribution in [3.8, 4) is 5.75 Å². The van der Waals surface area contributed by atoms with E-state index in [9.17, 15) is 0 Å². The Morgan fingerprint density at radius 3 is 2.76 bits per heavy atom. The molecule has 2 fully saturated rings. The number of aryl methyl sites for hydroxylation is 1. The number of rotatable bonds is 7. The summed E-state index contributed by atoms with van der Waals surface area (Å²) in [4.78, 5) is 9.83. The Hall–Kier alpha value is -1.06. The third-order valence-corrected chi connectivity index (χ3v) is 5.46. The van der Waals surface area contributed by atoms with Crippen LogP contribution in [0.2, 0.25) is 0 Å². The molecule has 7 heteroatoms. The third-order valence-electron chi connectivity index (χ3n) is 5.46. The van der Waals surface area contributed by atoms with Gasteiger partial charge in [-0.15, -0.1) is 24.0 Å². The first kappa shape index (κ1) is 24.2. The summed E-state index contributed by atoms with van der Waals surface area (Å²) in [6.07, 6.45) is 1.28. The normalized spacial score (nSPS) is 21.6. The van der Waals surface area contributed by atoms with E-state index >= 15 is 0 Å². The minimum atomic E-state index is 0. The van der Waals surface area contributed by atoms with Gasteiger partial charge in [-0.3, -0.25) is 4.90 Å². The lowest BCUT2D eigenvalue weighted by Gasteiger charge is -2.29. The van der Waals surface area contributed by atoms with Crippen molar-refractivity contribution in [2.75, 3.05) is 59.0 Å².